The van der Waals surface area contributed by atoms with Crippen molar-refractivity contribution in [1.82, 2.24) is 0 Å². The normalized spacial score (nSPS) is 10.9. The number of carbonyl (C=O) groups is 4. The maximum atomic E-state index is 10.4. The van der Waals surface area contributed by atoms with Crippen molar-refractivity contribution in [3.05, 3.63) is 0 Å². The van der Waals surface area contributed by atoms with Crippen molar-refractivity contribution < 1.29 is 29.4 Å². The number of rotatable bonds is 24. The van der Waals surface area contributed by atoms with Gasteiger partial charge in [-0.05, 0) is 19.3 Å². The molecule has 0 aromatic heterocycles. The van der Waals surface area contributed by atoms with Gasteiger partial charge in [0.25, 0.3) is 0 Å². The van der Waals surface area contributed by atoms with Crippen LogP contribution in [0.15, 0.2) is 0 Å². The number of amides is 2. The zero-order chi connectivity index (χ0) is 29.4. The molecule has 0 bridgehead atoms. The van der Waals surface area contributed by atoms with E-state index in [9.17, 15) is 19.2 Å². The van der Waals surface area contributed by atoms with Gasteiger partial charge in [-0.1, -0.05) is 117 Å². The summed E-state index contributed by atoms with van der Waals surface area (Å²) in [6.45, 7) is 4.48. The van der Waals surface area contributed by atoms with Gasteiger partial charge >= 0.3 is 11.9 Å². The van der Waals surface area contributed by atoms with Gasteiger partial charge in [0, 0.05) is 19.3 Å². The number of carboxylic acid groups (broad SMARTS) is 2. The van der Waals surface area contributed by atoms with Crippen molar-refractivity contribution in [1.29, 1.82) is 0 Å². The fraction of sp³-hybridized carbons (Fsp3) is 0.862. The Labute approximate surface area is 231 Å². The molecule has 0 aliphatic heterocycles. The Balaban J connectivity index is -0.000000492. The molecule has 9 heteroatoms. The molecule has 0 aromatic rings. The van der Waals surface area contributed by atoms with Crippen LogP contribution in [0.5, 0.6) is 0 Å². The van der Waals surface area contributed by atoms with Gasteiger partial charge in [-0.3, -0.25) is 19.2 Å². The van der Waals surface area contributed by atoms with Gasteiger partial charge in [-0.15, -0.1) is 0 Å². The molecule has 9 nitrogen and oxygen atoms in total. The summed E-state index contributed by atoms with van der Waals surface area (Å²) in [6.07, 6.45) is 24.0. The molecule has 8 N–H and O–H groups in total. The Morgan fingerprint density at radius 1 is 0.526 bits per heavy atom. The maximum absolute atomic E-state index is 10.4. The van der Waals surface area contributed by atoms with Gasteiger partial charge in [0.2, 0.25) is 11.8 Å². The van der Waals surface area contributed by atoms with Crippen molar-refractivity contribution in [3.8, 4) is 0 Å². The minimum Gasteiger partial charge on any atom is -0.481 e. The van der Waals surface area contributed by atoms with Crippen LogP contribution in [-0.2, 0) is 19.2 Å². The van der Waals surface area contributed by atoms with Crippen LogP contribution in [0, 0.1) is 0 Å². The highest BCUT2D eigenvalue weighted by molar-refractivity contribution is 5.74. The van der Waals surface area contributed by atoms with E-state index < -0.39 is 18.0 Å². The van der Waals surface area contributed by atoms with E-state index in [1.54, 1.807) is 0 Å². The fourth-order valence-electron chi connectivity index (χ4n) is 3.62. The van der Waals surface area contributed by atoms with Gasteiger partial charge < -0.3 is 27.4 Å². The number of primary amides is 2. The van der Waals surface area contributed by atoms with E-state index in [0.717, 1.165) is 25.7 Å². The largest absolute Gasteiger partial charge is 0.481 e. The molecule has 0 saturated heterocycles. The molecule has 0 radical (unpaired) electrons. The van der Waals surface area contributed by atoms with Gasteiger partial charge in [-0.25, -0.2) is 0 Å². The molecule has 0 rings (SSSR count). The van der Waals surface area contributed by atoms with E-state index in [2.05, 4.69) is 13.8 Å². The monoisotopic (exact) mass is 545 g/mol. The summed E-state index contributed by atoms with van der Waals surface area (Å²) in [5.74, 6) is -2.51. The predicted octanol–water partition coefficient (Wildman–Crippen LogP) is 6.05. The van der Waals surface area contributed by atoms with Gasteiger partial charge in [-0.2, -0.15) is 0 Å². The topological polar surface area (TPSA) is 187 Å². The van der Waals surface area contributed by atoms with Gasteiger partial charge in [0.1, 0.15) is 6.04 Å². The second-order valence-corrected chi connectivity index (χ2v) is 9.97. The molecule has 0 spiro atoms. The zero-order valence-corrected chi connectivity index (χ0v) is 24.4. The van der Waals surface area contributed by atoms with Crippen LogP contribution in [0.2, 0.25) is 0 Å². The van der Waals surface area contributed by atoms with Gasteiger partial charge in [0.05, 0.1) is 0 Å². The van der Waals surface area contributed by atoms with Crippen LogP contribution in [0.4, 0.5) is 0 Å². The summed E-state index contributed by atoms with van der Waals surface area (Å²) in [7, 11) is 0. The Morgan fingerprint density at radius 3 is 1.05 bits per heavy atom. The first-order valence-corrected chi connectivity index (χ1v) is 14.8. The standard InChI is InChI=1S/2C12H25NO.C5H9NO4/c2*1-2-3-4-5-6-7-8-9-10-11-12(13)14;6-3(5(9)10)1-2-4(7)8/h2*2-11H2,1H3,(H2,13,14);3H,1-2,6H2,(H,7,8)(H,9,10). The third-order valence-electron chi connectivity index (χ3n) is 6.04. The minimum atomic E-state index is -1.17. The lowest BCUT2D eigenvalue weighted by Crippen LogP contribution is -2.30. The van der Waals surface area contributed by atoms with Crippen molar-refractivity contribution in [3.63, 3.8) is 0 Å². The summed E-state index contributed by atoms with van der Waals surface area (Å²) in [4.78, 5) is 40.7. The van der Waals surface area contributed by atoms with Crippen molar-refractivity contribution in [2.24, 2.45) is 17.2 Å². The molecule has 0 saturated carbocycles. The lowest BCUT2D eigenvalue weighted by atomic mass is 10.1. The molecule has 1 atom stereocenters. The van der Waals surface area contributed by atoms with E-state index in [1.165, 1.54) is 89.9 Å². The lowest BCUT2D eigenvalue weighted by Gasteiger charge is -2.01. The molecule has 0 aliphatic carbocycles. The van der Waals surface area contributed by atoms with Crippen LogP contribution in [0.3, 0.4) is 0 Å². The number of aliphatic carboxylic acids is 2. The van der Waals surface area contributed by atoms with E-state index in [-0.39, 0.29) is 24.7 Å². The van der Waals surface area contributed by atoms with E-state index >= 15 is 0 Å². The predicted molar refractivity (Wildman–Crippen MR) is 155 cm³/mol. The molecule has 38 heavy (non-hydrogen) atoms. The third kappa shape index (κ3) is 43.9. The Bertz CT molecular complexity index is 541. The SMILES string of the molecule is CCCCCCCCCCCC(N)=O.CCCCCCCCCCCC(N)=O.NC(CCC(=O)O)C(=O)O. The Hall–Kier alpha value is -2.16. The zero-order valence-electron chi connectivity index (χ0n) is 24.4. The van der Waals surface area contributed by atoms with Crippen LogP contribution in [0.25, 0.3) is 0 Å². The van der Waals surface area contributed by atoms with Crippen molar-refractivity contribution in [2.75, 3.05) is 0 Å². The van der Waals surface area contributed by atoms with Gasteiger partial charge in [0.15, 0.2) is 0 Å². The first-order valence-electron chi connectivity index (χ1n) is 14.8. The van der Waals surface area contributed by atoms with Crippen LogP contribution < -0.4 is 17.2 Å². The molecular formula is C29H59N3O6. The smallest absolute Gasteiger partial charge is 0.320 e. The Morgan fingerprint density at radius 2 is 0.816 bits per heavy atom. The highest BCUT2D eigenvalue weighted by Crippen LogP contribution is 2.11. The summed E-state index contributed by atoms with van der Waals surface area (Å²) in [5.41, 5.74) is 15.1. The first kappa shape index (κ1) is 40.3. The summed E-state index contributed by atoms with van der Waals surface area (Å²) in [5, 5.41) is 16.3. The van der Waals surface area contributed by atoms with Crippen LogP contribution in [-0.4, -0.2) is 40.0 Å². The number of carbonyl (C=O) groups excluding carboxylic acids is 2. The van der Waals surface area contributed by atoms with Crippen molar-refractivity contribution in [2.45, 2.75) is 161 Å². The molecule has 0 aromatic carbocycles. The lowest BCUT2D eigenvalue weighted by molar-refractivity contribution is -0.140. The molecule has 2 amide bonds. The number of hydrogen-bond donors (Lipinski definition) is 5. The Kier molecular flexibility index (Phi) is 34.9. The molecular weight excluding hydrogens is 486 g/mol. The first-order chi connectivity index (χ1) is 18.1. The maximum Gasteiger partial charge on any atom is 0.320 e. The average Bonchev–Trinajstić information content (AvgIpc) is 2.85. The highest BCUT2D eigenvalue weighted by atomic mass is 16.4. The number of nitrogens with two attached hydrogens (primary N) is 3. The number of carboxylic acids is 2. The summed E-state index contributed by atoms with van der Waals surface area (Å²) < 4.78 is 0. The number of hydrogen-bond acceptors (Lipinski definition) is 5. The van der Waals surface area contributed by atoms with Crippen molar-refractivity contribution >= 4 is 23.8 Å². The summed E-state index contributed by atoms with van der Waals surface area (Å²) >= 11 is 0. The van der Waals surface area contributed by atoms with E-state index in [1.807, 2.05) is 0 Å². The summed E-state index contributed by atoms with van der Waals surface area (Å²) in [6, 6.07) is -1.06. The minimum absolute atomic E-state index is 0.0231. The highest BCUT2D eigenvalue weighted by Gasteiger charge is 2.12. The second kappa shape index (κ2) is 32.9. The van der Waals surface area contributed by atoms with E-state index in [0.29, 0.717) is 12.8 Å². The average molecular weight is 546 g/mol. The third-order valence-corrected chi connectivity index (χ3v) is 6.04. The molecule has 0 aliphatic rings. The second-order valence-electron chi connectivity index (χ2n) is 9.97. The van der Waals surface area contributed by atoms with E-state index in [4.69, 9.17) is 27.4 Å². The van der Waals surface area contributed by atoms with Crippen LogP contribution >= 0.6 is 0 Å². The molecule has 226 valence electrons. The number of unbranched alkanes of at least 4 members (excludes halogenated alkanes) is 16. The quantitative estimate of drug-likeness (QED) is 0.0912. The fourth-order valence-corrected chi connectivity index (χ4v) is 3.62. The molecule has 1 unspecified atom stereocenters. The van der Waals surface area contributed by atoms with Crippen LogP contribution in [0.1, 0.15) is 155 Å². The molecule has 0 heterocycles. The molecule has 0 fully saturated rings.